The zero-order valence-electron chi connectivity index (χ0n) is 18.1. The molecule has 0 saturated heterocycles. The molecule has 0 saturated carbocycles. The van der Waals surface area contributed by atoms with Crippen molar-refractivity contribution in [2.24, 2.45) is 5.10 Å². The maximum Gasteiger partial charge on any atom is 0.329 e. The van der Waals surface area contributed by atoms with Gasteiger partial charge in [0, 0.05) is 17.0 Å². The number of nitrogens with zero attached hydrogens (tertiary/aromatic N) is 3. The van der Waals surface area contributed by atoms with Crippen LogP contribution in [0.2, 0.25) is 0 Å². The summed E-state index contributed by atoms with van der Waals surface area (Å²) in [5, 5.41) is 15.6. The van der Waals surface area contributed by atoms with Gasteiger partial charge in [-0.05, 0) is 55.7 Å². The molecule has 0 spiro atoms. The zero-order chi connectivity index (χ0) is 23.1. The van der Waals surface area contributed by atoms with Gasteiger partial charge in [-0.25, -0.2) is 5.43 Å². The van der Waals surface area contributed by atoms with Crippen LogP contribution in [0.25, 0.3) is 0 Å². The van der Waals surface area contributed by atoms with Crippen LogP contribution in [0, 0.1) is 20.8 Å². The molecule has 0 aliphatic rings. The number of aromatic nitrogens is 2. The summed E-state index contributed by atoms with van der Waals surface area (Å²) in [6.07, 6.45) is 1.48. The third-order valence-electron chi connectivity index (χ3n) is 4.47. The zero-order valence-corrected chi connectivity index (χ0v) is 19.8. The Morgan fingerprint density at radius 2 is 1.88 bits per heavy atom. The van der Waals surface area contributed by atoms with Gasteiger partial charge in [-0.3, -0.25) is 9.59 Å². The normalized spacial score (nSPS) is 10.9. The van der Waals surface area contributed by atoms with Gasteiger partial charge in [0.2, 0.25) is 0 Å². The average molecular weight is 470 g/mol. The van der Waals surface area contributed by atoms with Gasteiger partial charge >= 0.3 is 11.8 Å². The number of hydrazone groups is 1. The quantitative estimate of drug-likeness (QED) is 0.236. The minimum atomic E-state index is -0.847. The number of amides is 2. The number of nitrogens with one attached hydrogen (secondary N) is 2. The fourth-order valence-electron chi connectivity index (χ4n) is 2.87. The first-order valence-corrected chi connectivity index (χ1v) is 11.5. The van der Waals surface area contributed by atoms with Gasteiger partial charge < -0.3 is 10.1 Å². The highest BCUT2D eigenvalue weighted by Gasteiger charge is 2.15. The number of aryl methyl sites for hydroxylation is 3. The molecular weight excluding hydrogens is 446 g/mol. The molecule has 3 rings (SSSR count). The second kappa shape index (κ2) is 10.9. The van der Waals surface area contributed by atoms with Crippen LogP contribution in [0.1, 0.15) is 27.3 Å². The molecule has 0 bridgehead atoms. The van der Waals surface area contributed by atoms with E-state index in [1.807, 2.05) is 57.2 Å². The van der Waals surface area contributed by atoms with Crippen LogP contribution in [-0.2, 0) is 15.3 Å². The van der Waals surface area contributed by atoms with Crippen molar-refractivity contribution in [3.05, 3.63) is 63.7 Å². The van der Waals surface area contributed by atoms with E-state index in [4.69, 9.17) is 4.74 Å². The molecule has 32 heavy (non-hydrogen) atoms. The second-order valence-corrected chi connectivity index (χ2v) is 9.27. The first-order chi connectivity index (χ1) is 15.4. The molecule has 0 radical (unpaired) electrons. The Hall–Kier alpha value is -3.24. The molecule has 0 aliphatic heterocycles. The van der Waals surface area contributed by atoms with Gasteiger partial charge in [0.25, 0.3) is 0 Å². The lowest BCUT2D eigenvalue weighted by molar-refractivity contribution is -0.136. The molecule has 2 amide bonds. The van der Waals surface area contributed by atoms with E-state index in [1.165, 1.54) is 17.6 Å². The van der Waals surface area contributed by atoms with E-state index < -0.39 is 11.8 Å². The number of rotatable bonds is 7. The van der Waals surface area contributed by atoms with Crippen LogP contribution in [0.5, 0.6) is 5.75 Å². The minimum Gasteiger partial charge on any atom is -0.496 e. The van der Waals surface area contributed by atoms with Gasteiger partial charge in [-0.15, -0.1) is 10.2 Å². The lowest BCUT2D eigenvalue weighted by Crippen LogP contribution is -2.32. The molecule has 0 fully saturated rings. The van der Waals surface area contributed by atoms with Crippen molar-refractivity contribution in [1.29, 1.82) is 0 Å². The number of hydrogen-bond donors (Lipinski definition) is 2. The minimum absolute atomic E-state index is 0.625. The number of hydrogen-bond acceptors (Lipinski definition) is 8. The summed E-state index contributed by atoms with van der Waals surface area (Å²) in [7, 11) is 1.61. The van der Waals surface area contributed by atoms with Crippen LogP contribution >= 0.6 is 23.1 Å². The Balaban J connectivity index is 1.61. The van der Waals surface area contributed by atoms with Crippen molar-refractivity contribution in [2.75, 3.05) is 12.4 Å². The van der Waals surface area contributed by atoms with Gasteiger partial charge in [0.1, 0.15) is 10.8 Å². The Labute approximate surface area is 194 Å². The van der Waals surface area contributed by atoms with Gasteiger partial charge in [0.15, 0.2) is 4.34 Å². The lowest BCUT2D eigenvalue weighted by Gasteiger charge is -2.10. The van der Waals surface area contributed by atoms with E-state index >= 15 is 0 Å². The van der Waals surface area contributed by atoms with Crippen molar-refractivity contribution in [1.82, 2.24) is 15.6 Å². The fraction of sp³-hybridized carbons (Fsp3) is 0.227. The number of para-hydroxylation sites is 1. The van der Waals surface area contributed by atoms with Gasteiger partial charge in [-0.1, -0.05) is 41.3 Å². The van der Waals surface area contributed by atoms with Crippen LogP contribution < -0.4 is 15.5 Å². The van der Waals surface area contributed by atoms with E-state index in [9.17, 15) is 9.59 Å². The molecule has 8 nitrogen and oxygen atoms in total. The molecule has 1 aromatic heterocycles. The largest absolute Gasteiger partial charge is 0.496 e. The first-order valence-electron chi connectivity index (χ1n) is 9.67. The Kier molecular flexibility index (Phi) is 7.96. The van der Waals surface area contributed by atoms with E-state index in [2.05, 4.69) is 26.0 Å². The SMILES string of the molecule is COc1ccc(C=NNC(=O)C(=O)Nc2c(C)cccc2C)cc1CSc1nnc(C)s1. The maximum atomic E-state index is 12.2. The standard InChI is InChI=1S/C22H23N5O3S2/c1-13-6-5-7-14(2)19(13)24-20(28)21(29)26-23-11-16-8-9-18(30-4)17(10-16)12-31-22-27-25-15(3)32-22/h5-11H,12H2,1-4H3,(H,24,28)(H,26,29). The monoisotopic (exact) mass is 469 g/mol. The van der Waals surface area contributed by atoms with Crippen LogP contribution in [0.3, 0.4) is 0 Å². The highest BCUT2D eigenvalue weighted by atomic mass is 32.2. The van der Waals surface area contributed by atoms with Crippen molar-refractivity contribution in [2.45, 2.75) is 30.9 Å². The molecule has 2 N–H and O–H groups in total. The van der Waals surface area contributed by atoms with Gasteiger partial charge in [-0.2, -0.15) is 5.10 Å². The smallest absolute Gasteiger partial charge is 0.329 e. The average Bonchev–Trinajstić information content (AvgIpc) is 3.20. The number of methoxy groups -OCH3 is 1. The molecule has 2 aromatic carbocycles. The molecular formula is C22H23N5O3S2. The predicted molar refractivity (Wildman–Crippen MR) is 127 cm³/mol. The summed E-state index contributed by atoms with van der Waals surface area (Å²) in [6, 6.07) is 11.2. The molecule has 0 aliphatic carbocycles. The Bertz CT molecular complexity index is 1140. The van der Waals surface area contributed by atoms with Crippen molar-refractivity contribution in [3.63, 3.8) is 0 Å². The maximum absolute atomic E-state index is 12.2. The molecule has 3 aromatic rings. The third-order valence-corrected chi connectivity index (χ3v) is 6.49. The van der Waals surface area contributed by atoms with E-state index in [0.717, 1.165) is 37.4 Å². The third kappa shape index (κ3) is 6.14. The fourth-order valence-corrected chi connectivity index (χ4v) is 4.66. The summed E-state index contributed by atoms with van der Waals surface area (Å²) in [5.41, 5.74) is 6.35. The Morgan fingerprint density at radius 1 is 1.12 bits per heavy atom. The molecule has 1 heterocycles. The molecule has 0 atom stereocenters. The van der Waals surface area contributed by atoms with E-state index in [-0.39, 0.29) is 0 Å². The number of carbonyl (C=O) groups is 2. The summed E-state index contributed by atoms with van der Waals surface area (Å²) in [5.74, 6) is -0.240. The number of benzene rings is 2. The number of ether oxygens (including phenoxy) is 1. The second-order valence-electron chi connectivity index (χ2n) is 6.87. The van der Waals surface area contributed by atoms with Crippen LogP contribution in [0.15, 0.2) is 45.8 Å². The van der Waals surface area contributed by atoms with Crippen molar-refractivity contribution in [3.8, 4) is 5.75 Å². The number of anilines is 1. The predicted octanol–water partition coefficient (Wildman–Crippen LogP) is 3.85. The lowest BCUT2D eigenvalue weighted by atomic mass is 10.1. The topological polar surface area (TPSA) is 106 Å². The summed E-state index contributed by atoms with van der Waals surface area (Å²) < 4.78 is 6.31. The van der Waals surface area contributed by atoms with Crippen LogP contribution in [0.4, 0.5) is 5.69 Å². The highest BCUT2D eigenvalue weighted by Crippen LogP contribution is 2.30. The molecule has 10 heteroatoms. The number of carbonyl (C=O) groups excluding carboxylic acids is 2. The Morgan fingerprint density at radius 3 is 2.53 bits per heavy atom. The first kappa shape index (κ1) is 23.4. The van der Waals surface area contributed by atoms with Crippen molar-refractivity contribution < 1.29 is 14.3 Å². The summed E-state index contributed by atoms with van der Waals surface area (Å²) >= 11 is 3.10. The van der Waals surface area contributed by atoms with Gasteiger partial charge in [0.05, 0.1) is 13.3 Å². The number of thioether (sulfide) groups is 1. The van der Waals surface area contributed by atoms with E-state index in [1.54, 1.807) is 18.9 Å². The van der Waals surface area contributed by atoms with E-state index in [0.29, 0.717) is 11.4 Å². The molecule has 0 unspecified atom stereocenters. The summed E-state index contributed by atoms with van der Waals surface area (Å²) in [4.78, 5) is 24.3. The van der Waals surface area contributed by atoms with Crippen molar-refractivity contribution >= 4 is 46.8 Å². The highest BCUT2D eigenvalue weighted by molar-refractivity contribution is 8.00. The molecule has 166 valence electrons. The van der Waals surface area contributed by atoms with Crippen LogP contribution in [-0.4, -0.2) is 35.3 Å². The summed E-state index contributed by atoms with van der Waals surface area (Å²) in [6.45, 7) is 5.64.